The molecule has 2 aromatic rings. The Bertz CT molecular complexity index is 885. The quantitative estimate of drug-likeness (QED) is 0.578. The van der Waals surface area contributed by atoms with Gasteiger partial charge in [0.15, 0.2) is 0 Å². The Kier molecular flexibility index (Phi) is 6.70. The summed E-state index contributed by atoms with van der Waals surface area (Å²) in [6.07, 6.45) is 5.64. The Morgan fingerprint density at radius 1 is 1.31 bits per heavy atom. The molecule has 2 aliphatic rings. The molecule has 0 radical (unpaired) electrons. The summed E-state index contributed by atoms with van der Waals surface area (Å²) in [5.74, 6) is 0.464. The number of nitrogens with zero attached hydrogens (tertiary/aromatic N) is 3. The lowest BCUT2D eigenvalue weighted by Gasteiger charge is -2.23. The van der Waals surface area contributed by atoms with Gasteiger partial charge in [0.05, 0.1) is 36.9 Å². The van der Waals surface area contributed by atoms with Crippen LogP contribution in [0, 0.1) is 5.92 Å². The van der Waals surface area contributed by atoms with Gasteiger partial charge in [-0.3, -0.25) is 4.90 Å². The largest absolute Gasteiger partial charge is 0.395 e. The minimum absolute atomic E-state index is 0.0291. The van der Waals surface area contributed by atoms with Crippen LogP contribution in [-0.2, 0) is 34.2 Å². The highest BCUT2D eigenvalue weighted by molar-refractivity contribution is 7.91. The molecule has 0 amide bonds. The molecule has 2 fully saturated rings. The molecular formula is C20H29N3O4S2. The van der Waals surface area contributed by atoms with E-state index in [0.29, 0.717) is 26.2 Å². The predicted octanol–water partition coefficient (Wildman–Crippen LogP) is 2.30. The number of hydrogen-bond acceptors (Lipinski definition) is 7. The summed E-state index contributed by atoms with van der Waals surface area (Å²) in [7, 11) is -3.42. The smallest absolute Gasteiger partial charge is 0.227 e. The first-order valence-corrected chi connectivity index (χ1v) is 12.8. The summed E-state index contributed by atoms with van der Waals surface area (Å²) in [6.45, 7) is 3.07. The second-order valence-corrected chi connectivity index (χ2v) is 11.0. The van der Waals surface area contributed by atoms with E-state index in [1.165, 1.54) is 4.88 Å². The van der Waals surface area contributed by atoms with Crippen molar-refractivity contribution in [1.29, 1.82) is 0 Å². The molecule has 29 heavy (non-hydrogen) atoms. The molecule has 0 unspecified atom stereocenters. The third kappa shape index (κ3) is 5.46. The molecule has 7 nitrogen and oxygen atoms in total. The Balaban J connectivity index is 1.58. The van der Waals surface area contributed by atoms with Gasteiger partial charge in [-0.25, -0.2) is 13.4 Å². The first-order chi connectivity index (χ1) is 14.0. The Morgan fingerprint density at radius 2 is 2.17 bits per heavy atom. The highest BCUT2D eigenvalue weighted by atomic mass is 32.2. The fourth-order valence-corrected chi connectivity index (χ4v) is 6.42. The Labute approximate surface area is 176 Å². The molecule has 160 valence electrons. The minimum atomic E-state index is -3.42. The second-order valence-electron chi connectivity index (χ2n) is 8.02. The van der Waals surface area contributed by atoms with Crippen molar-refractivity contribution in [2.75, 3.05) is 25.5 Å². The van der Waals surface area contributed by atoms with Crippen LogP contribution in [0.2, 0.25) is 0 Å². The Morgan fingerprint density at radius 3 is 2.83 bits per heavy atom. The number of ether oxygens (including phenoxy) is 1. The number of rotatable bonds is 11. The molecule has 1 atom stereocenters. The Hall–Kier alpha value is -1.26. The highest BCUT2D eigenvalue weighted by Crippen LogP contribution is 2.32. The SMILES string of the molecule is O=S(=O)(CC1CC1)c1ncc(CN(CCO)Cc2cccs2)n1C[C@H]1CCCO1. The fourth-order valence-electron chi connectivity index (χ4n) is 3.83. The van der Waals surface area contributed by atoms with Gasteiger partial charge in [-0.05, 0) is 43.0 Å². The number of aliphatic hydroxyl groups is 1. The molecule has 0 spiro atoms. The average Bonchev–Trinajstić information content (AvgIpc) is 3.11. The van der Waals surface area contributed by atoms with Crippen LogP contribution in [0.1, 0.15) is 36.3 Å². The maximum absolute atomic E-state index is 13.0. The summed E-state index contributed by atoms with van der Waals surface area (Å²) < 4.78 is 33.6. The fraction of sp³-hybridized carbons (Fsp3) is 0.650. The molecule has 0 aromatic carbocycles. The highest BCUT2D eigenvalue weighted by Gasteiger charge is 2.33. The van der Waals surface area contributed by atoms with Gasteiger partial charge < -0.3 is 14.4 Å². The second kappa shape index (κ2) is 9.26. The third-order valence-electron chi connectivity index (χ3n) is 5.50. The number of thiophene rings is 1. The van der Waals surface area contributed by atoms with Crippen LogP contribution in [0.4, 0.5) is 0 Å². The van der Waals surface area contributed by atoms with E-state index in [9.17, 15) is 13.5 Å². The molecule has 1 aliphatic carbocycles. The zero-order valence-electron chi connectivity index (χ0n) is 16.6. The first kappa shape index (κ1) is 21.0. The maximum Gasteiger partial charge on any atom is 0.227 e. The number of imidazole rings is 1. The topological polar surface area (TPSA) is 84.7 Å². The number of hydrogen-bond donors (Lipinski definition) is 1. The number of aromatic nitrogens is 2. The van der Waals surface area contributed by atoms with Gasteiger partial charge in [0, 0.05) is 31.1 Å². The molecule has 0 bridgehead atoms. The zero-order valence-corrected chi connectivity index (χ0v) is 18.2. The monoisotopic (exact) mass is 439 g/mol. The van der Waals surface area contributed by atoms with E-state index in [1.54, 1.807) is 17.5 Å². The lowest BCUT2D eigenvalue weighted by molar-refractivity contribution is 0.0928. The van der Waals surface area contributed by atoms with E-state index in [0.717, 1.165) is 38.0 Å². The van der Waals surface area contributed by atoms with Crippen LogP contribution in [0.3, 0.4) is 0 Å². The molecule has 1 aliphatic heterocycles. The van der Waals surface area contributed by atoms with E-state index >= 15 is 0 Å². The summed E-state index contributed by atoms with van der Waals surface area (Å²) in [4.78, 5) is 7.70. The van der Waals surface area contributed by atoms with Crippen molar-refractivity contribution in [1.82, 2.24) is 14.5 Å². The standard InChI is InChI=1S/C20H29N3O4S2/c24-8-7-22(14-19-4-2-10-28-19)12-17-11-21-20(29(25,26)15-16-5-6-16)23(17)13-18-3-1-9-27-18/h2,4,10-11,16,18,24H,1,3,5-9,12-15H2/t18-/m1/s1. The van der Waals surface area contributed by atoms with E-state index in [1.807, 2.05) is 16.0 Å². The van der Waals surface area contributed by atoms with E-state index in [-0.39, 0.29) is 29.5 Å². The van der Waals surface area contributed by atoms with Gasteiger partial charge in [-0.2, -0.15) is 0 Å². The zero-order chi connectivity index (χ0) is 20.3. The van der Waals surface area contributed by atoms with Gasteiger partial charge in [0.1, 0.15) is 0 Å². The van der Waals surface area contributed by atoms with Crippen molar-refractivity contribution in [3.05, 3.63) is 34.3 Å². The molecule has 1 N–H and O–H groups in total. The van der Waals surface area contributed by atoms with Gasteiger partial charge in [0.25, 0.3) is 0 Å². The van der Waals surface area contributed by atoms with Crippen molar-refractivity contribution < 1.29 is 18.3 Å². The minimum Gasteiger partial charge on any atom is -0.395 e. The maximum atomic E-state index is 13.0. The van der Waals surface area contributed by atoms with Gasteiger partial charge >= 0.3 is 0 Å². The normalized spacial score (nSPS) is 20.0. The van der Waals surface area contributed by atoms with Crippen LogP contribution >= 0.6 is 11.3 Å². The molecule has 3 heterocycles. The number of aliphatic hydroxyl groups excluding tert-OH is 1. The molecule has 2 aromatic heterocycles. The van der Waals surface area contributed by atoms with Crippen molar-refractivity contribution in [3.8, 4) is 0 Å². The summed E-state index contributed by atoms with van der Waals surface area (Å²) in [5.41, 5.74) is 0.861. The van der Waals surface area contributed by atoms with Crippen LogP contribution in [0.25, 0.3) is 0 Å². The molecule has 1 saturated carbocycles. The lowest BCUT2D eigenvalue weighted by atomic mass is 10.2. The predicted molar refractivity (Wildman–Crippen MR) is 111 cm³/mol. The molecular weight excluding hydrogens is 410 g/mol. The third-order valence-corrected chi connectivity index (χ3v) is 8.16. The van der Waals surface area contributed by atoms with E-state index in [4.69, 9.17) is 4.74 Å². The van der Waals surface area contributed by atoms with E-state index < -0.39 is 9.84 Å². The summed E-state index contributed by atoms with van der Waals surface area (Å²) in [6, 6.07) is 4.09. The molecule has 1 saturated heterocycles. The van der Waals surface area contributed by atoms with Gasteiger partial charge in [-0.1, -0.05) is 6.07 Å². The lowest BCUT2D eigenvalue weighted by Crippen LogP contribution is -2.29. The molecule has 9 heteroatoms. The van der Waals surface area contributed by atoms with Crippen molar-refractivity contribution in [3.63, 3.8) is 0 Å². The van der Waals surface area contributed by atoms with Gasteiger partial charge in [-0.15, -0.1) is 11.3 Å². The van der Waals surface area contributed by atoms with Crippen molar-refractivity contribution in [2.45, 2.75) is 56.6 Å². The van der Waals surface area contributed by atoms with E-state index in [2.05, 4.69) is 16.0 Å². The average molecular weight is 440 g/mol. The van der Waals surface area contributed by atoms with Crippen LogP contribution in [0.15, 0.2) is 28.9 Å². The van der Waals surface area contributed by atoms with Crippen LogP contribution in [0.5, 0.6) is 0 Å². The first-order valence-electron chi connectivity index (χ1n) is 10.3. The number of sulfone groups is 1. The van der Waals surface area contributed by atoms with Crippen LogP contribution in [-0.4, -0.2) is 59.6 Å². The molecule has 4 rings (SSSR count). The van der Waals surface area contributed by atoms with Crippen molar-refractivity contribution in [2.24, 2.45) is 5.92 Å². The van der Waals surface area contributed by atoms with Gasteiger partial charge in [0.2, 0.25) is 15.0 Å². The van der Waals surface area contributed by atoms with Crippen molar-refractivity contribution >= 4 is 21.2 Å². The summed E-state index contributed by atoms with van der Waals surface area (Å²) in [5, 5.41) is 11.7. The summed E-state index contributed by atoms with van der Waals surface area (Å²) >= 11 is 1.68. The van der Waals surface area contributed by atoms with Crippen LogP contribution < -0.4 is 0 Å².